The molecule has 182 valence electrons. The zero-order chi connectivity index (χ0) is 23.9. The Morgan fingerprint density at radius 1 is 1.15 bits per heavy atom. The average molecular weight is 487 g/mol. The third-order valence-electron chi connectivity index (χ3n) is 6.94. The van der Waals surface area contributed by atoms with Gasteiger partial charge in [-0.15, -0.1) is 0 Å². The summed E-state index contributed by atoms with van der Waals surface area (Å²) in [7, 11) is 0. The Kier molecular flexibility index (Phi) is 8.29. The number of nitro benzene ring substituents is 1. The largest absolute Gasteiger partial charge is 0.371 e. The Morgan fingerprint density at radius 3 is 2.53 bits per heavy atom. The minimum atomic E-state index is -0.428. The van der Waals surface area contributed by atoms with E-state index in [4.69, 9.17) is 11.6 Å². The van der Waals surface area contributed by atoms with Crippen molar-refractivity contribution < 1.29 is 9.72 Å². The number of aromatic nitrogens is 2. The Hall–Kier alpha value is -2.78. The molecule has 0 atom stereocenters. The third kappa shape index (κ3) is 6.42. The highest BCUT2D eigenvalue weighted by molar-refractivity contribution is 6.28. The van der Waals surface area contributed by atoms with Crippen LogP contribution in [0, 0.1) is 22.0 Å². The number of anilines is 2. The number of nitrogens with zero attached hydrogens (tertiary/aromatic N) is 4. The number of non-ortho nitro benzene ring substituents is 1. The van der Waals surface area contributed by atoms with Crippen molar-refractivity contribution in [1.29, 1.82) is 0 Å². The van der Waals surface area contributed by atoms with Crippen LogP contribution >= 0.6 is 11.6 Å². The van der Waals surface area contributed by atoms with Crippen LogP contribution < -0.4 is 15.5 Å². The lowest BCUT2D eigenvalue weighted by atomic mass is 9.87. The van der Waals surface area contributed by atoms with Gasteiger partial charge in [0.25, 0.3) is 11.6 Å². The van der Waals surface area contributed by atoms with Gasteiger partial charge < -0.3 is 15.5 Å². The second-order valence-electron chi connectivity index (χ2n) is 9.18. The molecule has 0 unspecified atom stereocenters. The number of rotatable bonds is 8. The molecule has 3 heterocycles. The molecule has 0 saturated carbocycles. The van der Waals surface area contributed by atoms with Crippen LogP contribution in [0.5, 0.6) is 0 Å². The first-order chi connectivity index (χ1) is 16.5. The summed E-state index contributed by atoms with van der Waals surface area (Å²) in [5.41, 5.74) is 0.936. The van der Waals surface area contributed by atoms with E-state index in [1.807, 2.05) is 0 Å². The zero-order valence-electron chi connectivity index (χ0n) is 19.2. The lowest BCUT2D eigenvalue weighted by Gasteiger charge is -2.34. The lowest BCUT2D eigenvalue weighted by Crippen LogP contribution is -2.35. The number of nitrogens with one attached hydrogen (secondary N) is 2. The maximum absolute atomic E-state index is 13.0. The first kappa shape index (κ1) is 24.3. The zero-order valence-corrected chi connectivity index (χ0v) is 20.0. The summed E-state index contributed by atoms with van der Waals surface area (Å²) >= 11 is 5.82. The molecule has 2 N–H and O–H groups in total. The smallest absolute Gasteiger partial charge is 0.271 e. The summed E-state index contributed by atoms with van der Waals surface area (Å²) in [6, 6.07) is 5.92. The van der Waals surface area contributed by atoms with Gasteiger partial charge in [0.05, 0.1) is 16.2 Å². The van der Waals surface area contributed by atoms with Crippen LogP contribution in [0.4, 0.5) is 17.2 Å². The fourth-order valence-electron chi connectivity index (χ4n) is 5.00. The van der Waals surface area contributed by atoms with Gasteiger partial charge in [0.1, 0.15) is 5.82 Å². The van der Waals surface area contributed by atoms with Gasteiger partial charge in [-0.3, -0.25) is 14.9 Å². The van der Waals surface area contributed by atoms with Crippen molar-refractivity contribution in [3.63, 3.8) is 0 Å². The van der Waals surface area contributed by atoms with E-state index in [2.05, 4.69) is 25.5 Å². The predicted molar refractivity (Wildman–Crippen MR) is 132 cm³/mol. The summed E-state index contributed by atoms with van der Waals surface area (Å²) in [5, 5.41) is 17.6. The van der Waals surface area contributed by atoms with Gasteiger partial charge in [-0.05, 0) is 74.3 Å². The van der Waals surface area contributed by atoms with Gasteiger partial charge in [-0.2, -0.15) is 0 Å². The van der Waals surface area contributed by atoms with Gasteiger partial charge in [0, 0.05) is 31.4 Å². The molecule has 1 aromatic carbocycles. The van der Waals surface area contributed by atoms with Crippen LogP contribution in [-0.4, -0.2) is 47.0 Å². The highest BCUT2D eigenvalue weighted by atomic mass is 35.5. The Labute approximate surface area is 204 Å². The SMILES string of the molecule is O=C(Nc1ccnc(Cl)n1)c1ccc([N+](=O)[O-])cc1N1CCC(CCCC2CCNCC2)CC1. The molecule has 34 heavy (non-hydrogen) atoms. The number of piperidine rings is 2. The van der Waals surface area contributed by atoms with Crippen LogP contribution in [-0.2, 0) is 0 Å². The number of halogens is 1. The molecule has 1 amide bonds. The van der Waals surface area contributed by atoms with E-state index in [1.165, 1.54) is 56.5 Å². The third-order valence-corrected chi connectivity index (χ3v) is 7.13. The minimum Gasteiger partial charge on any atom is -0.371 e. The summed E-state index contributed by atoms with van der Waals surface area (Å²) in [6.07, 6.45) is 9.89. The molecule has 9 nitrogen and oxygen atoms in total. The molecular formula is C24H31ClN6O3. The second-order valence-corrected chi connectivity index (χ2v) is 9.52. The highest BCUT2D eigenvalue weighted by Gasteiger charge is 2.25. The average Bonchev–Trinajstić information content (AvgIpc) is 2.85. The van der Waals surface area contributed by atoms with Crippen LogP contribution in [0.1, 0.15) is 55.3 Å². The van der Waals surface area contributed by atoms with E-state index in [9.17, 15) is 14.9 Å². The predicted octanol–water partition coefficient (Wildman–Crippen LogP) is 4.68. The number of hydrogen-bond donors (Lipinski definition) is 2. The monoisotopic (exact) mass is 486 g/mol. The Balaban J connectivity index is 1.39. The lowest BCUT2D eigenvalue weighted by molar-refractivity contribution is -0.384. The molecule has 1 aromatic heterocycles. The first-order valence-corrected chi connectivity index (χ1v) is 12.4. The maximum atomic E-state index is 13.0. The molecule has 2 saturated heterocycles. The van der Waals surface area contributed by atoms with Crippen molar-refractivity contribution >= 4 is 34.7 Å². The number of amides is 1. The molecule has 2 aliphatic rings. The van der Waals surface area contributed by atoms with E-state index in [0.29, 0.717) is 17.2 Å². The normalized spacial score (nSPS) is 17.5. The van der Waals surface area contributed by atoms with Crippen molar-refractivity contribution in [1.82, 2.24) is 15.3 Å². The van der Waals surface area contributed by atoms with Gasteiger partial charge in [0.15, 0.2) is 0 Å². The second kappa shape index (κ2) is 11.6. The number of benzene rings is 1. The molecule has 2 aliphatic heterocycles. The van der Waals surface area contributed by atoms with E-state index < -0.39 is 4.92 Å². The van der Waals surface area contributed by atoms with E-state index >= 15 is 0 Å². The Bertz CT molecular complexity index is 1010. The van der Waals surface area contributed by atoms with Gasteiger partial charge in [-0.25, -0.2) is 9.97 Å². The Morgan fingerprint density at radius 2 is 1.85 bits per heavy atom. The molecule has 10 heteroatoms. The summed E-state index contributed by atoms with van der Waals surface area (Å²) in [4.78, 5) is 33.9. The van der Waals surface area contributed by atoms with Gasteiger partial charge in [-0.1, -0.05) is 19.3 Å². The molecule has 0 bridgehead atoms. The maximum Gasteiger partial charge on any atom is 0.271 e. The molecule has 0 radical (unpaired) electrons. The van der Waals surface area contributed by atoms with E-state index in [0.717, 1.165) is 44.9 Å². The van der Waals surface area contributed by atoms with E-state index in [1.54, 1.807) is 6.07 Å². The van der Waals surface area contributed by atoms with Crippen molar-refractivity contribution in [3.05, 3.63) is 51.4 Å². The number of hydrogen-bond acceptors (Lipinski definition) is 7. The van der Waals surface area contributed by atoms with Crippen LogP contribution in [0.2, 0.25) is 5.28 Å². The van der Waals surface area contributed by atoms with Crippen molar-refractivity contribution in [2.75, 3.05) is 36.4 Å². The molecular weight excluding hydrogens is 456 g/mol. The van der Waals surface area contributed by atoms with E-state index in [-0.39, 0.29) is 22.7 Å². The topological polar surface area (TPSA) is 113 Å². The van der Waals surface area contributed by atoms with Crippen molar-refractivity contribution in [2.24, 2.45) is 11.8 Å². The minimum absolute atomic E-state index is 0.0271. The highest BCUT2D eigenvalue weighted by Crippen LogP contribution is 2.32. The number of nitro groups is 1. The standard InChI is InChI=1S/C24H31ClN6O3/c25-24-27-13-8-22(29-24)28-23(32)20-5-4-19(31(33)34)16-21(20)30-14-9-18(10-15-30)3-1-2-17-6-11-26-12-7-17/h4-5,8,13,16-18,26H,1-3,6-7,9-12,14-15H2,(H,27,28,29,32). The fraction of sp³-hybridized carbons (Fsp3) is 0.542. The summed E-state index contributed by atoms with van der Waals surface area (Å²) in [6.45, 7) is 3.84. The summed E-state index contributed by atoms with van der Waals surface area (Å²) < 4.78 is 0. The molecule has 2 aromatic rings. The van der Waals surface area contributed by atoms with Gasteiger partial charge in [0.2, 0.25) is 5.28 Å². The molecule has 4 rings (SSSR count). The quantitative estimate of drug-likeness (QED) is 0.316. The molecule has 2 fully saturated rings. The van der Waals surface area contributed by atoms with Crippen LogP contribution in [0.3, 0.4) is 0 Å². The van der Waals surface area contributed by atoms with Crippen molar-refractivity contribution in [2.45, 2.75) is 44.9 Å². The summed E-state index contributed by atoms with van der Waals surface area (Å²) in [5.74, 6) is 1.42. The molecule has 0 spiro atoms. The van der Waals surface area contributed by atoms with Crippen LogP contribution in [0.25, 0.3) is 0 Å². The van der Waals surface area contributed by atoms with Crippen molar-refractivity contribution in [3.8, 4) is 0 Å². The number of carbonyl (C=O) groups excluding carboxylic acids is 1. The van der Waals surface area contributed by atoms with Gasteiger partial charge >= 0.3 is 0 Å². The van der Waals surface area contributed by atoms with Crippen LogP contribution in [0.15, 0.2) is 30.5 Å². The first-order valence-electron chi connectivity index (χ1n) is 12.0. The molecule has 0 aliphatic carbocycles. The fourth-order valence-corrected chi connectivity index (χ4v) is 5.15. The number of carbonyl (C=O) groups is 1.